The van der Waals surface area contributed by atoms with Crippen LogP contribution in [0.15, 0.2) is 11.5 Å². The second-order valence-corrected chi connectivity index (χ2v) is 4.66. The summed E-state index contributed by atoms with van der Waals surface area (Å²) in [5, 5.41) is 56.3. The number of aliphatic hydroxyl groups is 6. The van der Waals surface area contributed by atoms with Gasteiger partial charge in [-0.1, -0.05) is 0 Å². The predicted octanol–water partition coefficient (Wildman–Crippen LogP) is -2.94. The standard InChI is InChI=1S/C11H16O10/c12-1-3-5(13)7(15)9(17)11(21-3)19-2-4-6(14)8(16)10(18)20-4/h3-5,7,9,11-17H,1-2H2/t3-,4-,5-,7+,9-,11+/m1/s1. The highest BCUT2D eigenvalue weighted by atomic mass is 16.7. The zero-order chi connectivity index (χ0) is 15.7. The molecule has 6 N–H and O–H groups in total. The highest BCUT2D eigenvalue weighted by Gasteiger charge is 2.45. The zero-order valence-electron chi connectivity index (χ0n) is 10.7. The average molecular weight is 308 g/mol. The minimum absolute atomic E-state index is 0.468. The van der Waals surface area contributed by atoms with Crippen LogP contribution < -0.4 is 0 Å². The van der Waals surface area contributed by atoms with Crippen molar-refractivity contribution in [2.24, 2.45) is 0 Å². The molecule has 10 nitrogen and oxygen atoms in total. The summed E-state index contributed by atoms with van der Waals surface area (Å²) in [6, 6.07) is 0. The number of hydrogen-bond acceptors (Lipinski definition) is 10. The molecule has 0 aliphatic carbocycles. The van der Waals surface area contributed by atoms with Gasteiger partial charge in [-0.15, -0.1) is 0 Å². The monoisotopic (exact) mass is 308 g/mol. The van der Waals surface area contributed by atoms with Crippen LogP contribution in [-0.4, -0.2) is 86.6 Å². The van der Waals surface area contributed by atoms with Crippen molar-refractivity contribution < 1.29 is 49.6 Å². The summed E-state index contributed by atoms with van der Waals surface area (Å²) in [6.45, 7) is -1.08. The van der Waals surface area contributed by atoms with Gasteiger partial charge in [-0.2, -0.15) is 0 Å². The molecule has 0 unspecified atom stereocenters. The molecule has 10 heteroatoms. The topological polar surface area (TPSA) is 166 Å². The van der Waals surface area contributed by atoms with Gasteiger partial charge >= 0.3 is 5.97 Å². The normalized spacial score (nSPS) is 40.5. The van der Waals surface area contributed by atoms with E-state index in [9.17, 15) is 25.2 Å². The Morgan fingerprint density at radius 2 is 1.76 bits per heavy atom. The molecular formula is C11H16O10. The second-order valence-electron chi connectivity index (χ2n) is 4.66. The fraction of sp³-hybridized carbons (Fsp3) is 0.727. The van der Waals surface area contributed by atoms with Crippen molar-refractivity contribution in [3.63, 3.8) is 0 Å². The van der Waals surface area contributed by atoms with Crippen LogP contribution >= 0.6 is 0 Å². The minimum atomic E-state index is -1.61. The number of cyclic esters (lactones) is 1. The first-order valence-corrected chi connectivity index (χ1v) is 6.12. The molecule has 0 aromatic rings. The number of ether oxygens (including phenoxy) is 3. The Morgan fingerprint density at radius 3 is 2.29 bits per heavy atom. The fourth-order valence-corrected chi connectivity index (χ4v) is 2.00. The number of carbonyl (C=O) groups excluding carboxylic acids is 1. The Hall–Kier alpha value is -1.43. The maximum Gasteiger partial charge on any atom is 0.377 e. The third-order valence-electron chi connectivity index (χ3n) is 3.25. The quantitative estimate of drug-likeness (QED) is 0.296. The Labute approximate surface area is 118 Å². The van der Waals surface area contributed by atoms with Crippen molar-refractivity contribution in [2.75, 3.05) is 13.2 Å². The third kappa shape index (κ3) is 2.95. The number of carbonyl (C=O) groups is 1. The molecule has 21 heavy (non-hydrogen) atoms. The molecule has 0 radical (unpaired) electrons. The van der Waals surface area contributed by atoms with Crippen molar-refractivity contribution in [3.05, 3.63) is 11.5 Å². The average Bonchev–Trinajstić information content (AvgIpc) is 2.71. The molecule has 0 saturated carbocycles. The van der Waals surface area contributed by atoms with E-state index in [2.05, 4.69) is 4.74 Å². The molecule has 2 heterocycles. The summed E-state index contributed by atoms with van der Waals surface area (Å²) in [5.74, 6) is -2.77. The molecule has 2 rings (SSSR count). The van der Waals surface area contributed by atoms with Gasteiger partial charge in [0.05, 0.1) is 13.2 Å². The molecule has 0 aromatic carbocycles. The van der Waals surface area contributed by atoms with E-state index in [1.807, 2.05) is 0 Å². The molecule has 1 saturated heterocycles. The van der Waals surface area contributed by atoms with Gasteiger partial charge in [0.25, 0.3) is 0 Å². The molecule has 0 bridgehead atoms. The maximum absolute atomic E-state index is 11.0. The van der Waals surface area contributed by atoms with Crippen molar-refractivity contribution in [2.45, 2.75) is 36.8 Å². The minimum Gasteiger partial charge on any atom is -0.505 e. The number of esters is 1. The van der Waals surface area contributed by atoms with Crippen LogP contribution in [0, 0.1) is 0 Å². The Balaban J connectivity index is 1.95. The third-order valence-corrected chi connectivity index (χ3v) is 3.25. The van der Waals surface area contributed by atoms with E-state index in [0.29, 0.717) is 0 Å². The van der Waals surface area contributed by atoms with E-state index in [-0.39, 0.29) is 0 Å². The van der Waals surface area contributed by atoms with Crippen molar-refractivity contribution in [3.8, 4) is 0 Å². The number of rotatable bonds is 4. The molecule has 120 valence electrons. The van der Waals surface area contributed by atoms with Gasteiger partial charge in [-0.3, -0.25) is 0 Å². The molecule has 0 spiro atoms. The summed E-state index contributed by atoms with van der Waals surface area (Å²) in [5.41, 5.74) is 0. The van der Waals surface area contributed by atoms with Crippen LogP contribution in [0.5, 0.6) is 0 Å². The first-order valence-electron chi connectivity index (χ1n) is 6.12. The van der Waals surface area contributed by atoms with Gasteiger partial charge in [0.15, 0.2) is 18.2 Å². The smallest absolute Gasteiger partial charge is 0.377 e. The molecule has 0 amide bonds. The van der Waals surface area contributed by atoms with E-state index < -0.39 is 67.5 Å². The largest absolute Gasteiger partial charge is 0.505 e. The van der Waals surface area contributed by atoms with Gasteiger partial charge in [0.1, 0.15) is 24.4 Å². The van der Waals surface area contributed by atoms with Gasteiger partial charge in [-0.25, -0.2) is 4.79 Å². The lowest BCUT2D eigenvalue weighted by Gasteiger charge is -2.39. The summed E-state index contributed by atoms with van der Waals surface area (Å²) < 4.78 is 14.7. The van der Waals surface area contributed by atoms with Crippen LogP contribution in [-0.2, 0) is 19.0 Å². The van der Waals surface area contributed by atoms with Gasteiger partial charge in [0.2, 0.25) is 5.76 Å². The summed E-state index contributed by atoms with van der Waals surface area (Å²) >= 11 is 0. The lowest BCUT2D eigenvalue weighted by molar-refractivity contribution is -0.304. The number of hydrogen-bond donors (Lipinski definition) is 6. The second kappa shape index (κ2) is 6.13. The Kier molecular flexibility index (Phi) is 4.66. The highest BCUT2D eigenvalue weighted by Crippen LogP contribution is 2.24. The SMILES string of the molecule is O=C1O[C@H](CO[C@H]2O[C@H](CO)[C@@H](O)[C@H](O)[C@H]2O)C(O)=C1O. The summed E-state index contributed by atoms with van der Waals surface area (Å²) in [4.78, 5) is 11.0. The van der Waals surface area contributed by atoms with E-state index in [4.69, 9.17) is 19.7 Å². The van der Waals surface area contributed by atoms with E-state index >= 15 is 0 Å². The first kappa shape index (κ1) is 15.9. The first-order chi connectivity index (χ1) is 9.86. The van der Waals surface area contributed by atoms with E-state index in [1.165, 1.54) is 0 Å². The molecule has 2 aliphatic rings. The molecule has 6 atom stereocenters. The summed E-state index contributed by atoms with van der Waals surface area (Å²) in [6.07, 6.45) is -8.58. The van der Waals surface area contributed by atoms with Gasteiger partial charge in [0, 0.05) is 0 Å². The van der Waals surface area contributed by atoms with Crippen molar-refractivity contribution in [1.82, 2.24) is 0 Å². The lowest BCUT2D eigenvalue weighted by atomic mass is 9.99. The van der Waals surface area contributed by atoms with Crippen molar-refractivity contribution in [1.29, 1.82) is 0 Å². The number of aliphatic hydroxyl groups excluding tert-OH is 6. The molecule has 2 aliphatic heterocycles. The van der Waals surface area contributed by atoms with Crippen LogP contribution in [0.25, 0.3) is 0 Å². The van der Waals surface area contributed by atoms with Crippen LogP contribution in [0.3, 0.4) is 0 Å². The van der Waals surface area contributed by atoms with Crippen LogP contribution in [0.4, 0.5) is 0 Å². The fourth-order valence-electron chi connectivity index (χ4n) is 2.00. The van der Waals surface area contributed by atoms with E-state index in [1.54, 1.807) is 0 Å². The predicted molar refractivity (Wildman–Crippen MR) is 61.9 cm³/mol. The van der Waals surface area contributed by atoms with Gasteiger partial charge < -0.3 is 44.8 Å². The van der Waals surface area contributed by atoms with Crippen molar-refractivity contribution >= 4 is 5.97 Å². The van der Waals surface area contributed by atoms with Gasteiger partial charge in [-0.05, 0) is 0 Å². The molecular weight excluding hydrogens is 292 g/mol. The maximum atomic E-state index is 11.0. The molecule has 0 aromatic heterocycles. The van der Waals surface area contributed by atoms with Crippen LogP contribution in [0.1, 0.15) is 0 Å². The lowest BCUT2D eigenvalue weighted by Crippen LogP contribution is -2.59. The Morgan fingerprint density at radius 1 is 1.10 bits per heavy atom. The highest BCUT2D eigenvalue weighted by molar-refractivity contribution is 5.89. The molecule has 1 fully saturated rings. The van der Waals surface area contributed by atoms with Crippen LogP contribution in [0.2, 0.25) is 0 Å². The summed E-state index contributed by atoms with van der Waals surface area (Å²) in [7, 11) is 0. The van der Waals surface area contributed by atoms with E-state index in [0.717, 1.165) is 0 Å². The Bertz CT molecular complexity index is 433. The zero-order valence-corrected chi connectivity index (χ0v) is 10.7.